The van der Waals surface area contributed by atoms with Crippen molar-refractivity contribution in [3.63, 3.8) is 0 Å². The first kappa shape index (κ1) is 66.7. The van der Waals surface area contributed by atoms with Crippen molar-refractivity contribution in [3.05, 3.63) is 109 Å². The Hall–Kier alpha value is -3.33. The number of hydrogen-bond donors (Lipinski definition) is 1. The van der Waals surface area contributed by atoms with E-state index in [1.807, 2.05) is 88.0 Å². The van der Waals surface area contributed by atoms with Gasteiger partial charge in [-0.3, -0.25) is 14.2 Å². The van der Waals surface area contributed by atoms with Crippen molar-refractivity contribution in [3.8, 4) is 0 Å². The van der Waals surface area contributed by atoms with E-state index in [0.29, 0.717) is 23.9 Å². The second kappa shape index (κ2) is 49.3. The lowest BCUT2D eigenvalue weighted by molar-refractivity contribution is -0.870. The molecule has 1 N–H and O–H groups in total. The first-order valence-electron chi connectivity index (χ1n) is 27.8. The second-order valence-electron chi connectivity index (χ2n) is 19.5. The fourth-order valence-electron chi connectivity index (χ4n) is 7.31. The highest BCUT2D eigenvalue weighted by molar-refractivity contribution is 7.45. The van der Waals surface area contributed by atoms with E-state index in [1.54, 1.807) is 6.08 Å². The van der Waals surface area contributed by atoms with Gasteiger partial charge in [0.25, 0.3) is 7.82 Å². The summed E-state index contributed by atoms with van der Waals surface area (Å²) in [6.45, 7) is 6.60. The fourth-order valence-corrected chi connectivity index (χ4v) is 8.03. The summed E-state index contributed by atoms with van der Waals surface area (Å²) in [6, 6.07) is -0.919. The Morgan fingerprint density at radius 3 is 1.43 bits per heavy atom. The highest BCUT2D eigenvalue weighted by Crippen LogP contribution is 2.38. The molecule has 9 nitrogen and oxygen atoms in total. The van der Waals surface area contributed by atoms with Gasteiger partial charge in [-0.2, -0.15) is 0 Å². The average molecular weight is 995 g/mol. The van der Waals surface area contributed by atoms with Crippen molar-refractivity contribution in [2.75, 3.05) is 40.9 Å². The summed E-state index contributed by atoms with van der Waals surface area (Å²) in [5, 5.41) is 2.99. The van der Waals surface area contributed by atoms with Crippen molar-refractivity contribution < 1.29 is 37.3 Å². The highest BCUT2D eigenvalue weighted by Gasteiger charge is 2.27. The van der Waals surface area contributed by atoms with Crippen LogP contribution in [0.4, 0.5) is 0 Å². The third kappa shape index (κ3) is 49.6. The van der Waals surface area contributed by atoms with Gasteiger partial charge in [0, 0.05) is 12.8 Å². The summed E-state index contributed by atoms with van der Waals surface area (Å²) in [6.07, 6.45) is 66.2. The van der Waals surface area contributed by atoms with Crippen LogP contribution in [0.25, 0.3) is 0 Å². The maximum absolute atomic E-state index is 13.5. The Labute approximate surface area is 430 Å². The van der Waals surface area contributed by atoms with Crippen molar-refractivity contribution >= 4 is 19.7 Å². The maximum Gasteiger partial charge on any atom is 0.306 e. The van der Waals surface area contributed by atoms with Crippen LogP contribution in [-0.4, -0.2) is 69.4 Å². The lowest BCUT2D eigenvalue weighted by Crippen LogP contribution is -2.47. The molecule has 3 unspecified atom stereocenters. The van der Waals surface area contributed by atoms with E-state index < -0.39 is 26.6 Å². The van der Waals surface area contributed by atoms with Crippen LogP contribution in [0.5, 0.6) is 0 Å². The van der Waals surface area contributed by atoms with Crippen molar-refractivity contribution in [1.29, 1.82) is 0 Å². The number of phosphoric ester groups is 1. The van der Waals surface area contributed by atoms with Crippen molar-refractivity contribution in [2.24, 2.45) is 0 Å². The van der Waals surface area contributed by atoms with Crippen LogP contribution in [0.1, 0.15) is 207 Å². The first-order valence-corrected chi connectivity index (χ1v) is 29.3. The quantitative estimate of drug-likeness (QED) is 0.0161. The molecule has 10 heteroatoms. The Morgan fingerprint density at radius 1 is 0.514 bits per heavy atom. The number of hydrogen-bond acceptors (Lipinski definition) is 7. The van der Waals surface area contributed by atoms with Gasteiger partial charge in [0.15, 0.2) is 0 Å². The number of nitrogens with zero attached hydrogens (tertiary/aromatic N) is 1. The summed E-state index contributed by atoms with van der Waals surface area (Å²) in [5.74, 6) is -0.615. The van der Waals surface area contributed by atoms with E-state index in [9.17, 15) is 19.0 Å². The molecule has 0 fully saturated rings. The maximum atomic E-state index is 13.5. The SMILES string of the molecule is CC\C=C/C=C/C=C/C=C\C=C\C=C\CCCCCC(=O)OC(/C=C/CCCCCCCCCCCC)C(COP(=O)([O-])OCC[N+](C)(C)C)NC(=O)CCCCCCCC/C=C/C=C/CCCCC. The van der Waals surface area contributed by atoms with Crippen LogP contribution in [0.15, 0.2) is 109 Å². The molecule has 0 heterocycles. The van der Waals surface area contributed by atoms with Crippen LogP contribution in [0.3, 0.4) is 0 Å². The number of unbranched alkanes of at least 4 members (excludes halogenated alkanes) is 22. The van der Waals surface area contributed by atoms with E-state index in [2.05, 4.69) is 62.5 Å². The summed E-state index contributed by atoms with van der Waals surface area (Å²) in [4.78, 5) is 39.8. The topological polar surface area (TPSA) is 114 Å². The molecular weight excluding hydrogens is 892 g/mol. The zero-order chi connectivity index (χ0) is 51.5. The van der Waals surface area contributed by atoms with Crippen LogP contribution in [0.2, 0.25) is 0 Å². The molecule has 0 bridgehead atoms. The molecule has 0 rings (SSSR count). The Bertz CT molecular complexity index is 1570. The number of rotatable bonds is 48. The number of ether oxygens (including phenoxy) is 1. The third-order valence-electron chi connectivity index (χ3n) is 11.6. The Balaban J connectivity index is 5.51. The summed E-state index contributed by atoms with van der Waals surface area (Å²) >= 11 is 0. The van der Waals surface area contributed by atoms with E-state index in [1.165, 1.54) is 70.6 Å². The number of nitrogens with one attached hydrogen (secondary N) is 1. The molecule has 400 valence electrons. The van der Waals surface area contributed by atoms with Gasteiger partial charge in [0.1, 0.15) is 19.3 Å². The number of quaternary nitrogens is 1. The molecule has 0 radical (unpaired) electrons. The molecule has 0 aromatic carbocycles. The molecular formula is C60H103N2O7P. The van der Waals surface area contributed by atoms with Crippen LogP contribution in [0, 0.1) is 0 Å². The minimum Gasteiger partial charge on any atom is -0.756 e. The molecule has 0 aliphatic heterocycles. The van der Waals surface area contributed by atoms with E-state index >= 15 is 0 Å². The highest BCUT2D eigenvalue weighted by atomic mass is 31.2. The zero-order valence-electron chi connectivity index (χ0n) is 45.4. The largest absolute Gasteiger partial charge is 0.756 e. The predicted octanol–water partition coefficient (Wildman–Crippen LogP) is 16.0. The first-order chi connectivity index (χ1) is 33.9. The minimum atomic E-state index is -4.71. The lowest BCUT2D eigenvalue weighted by Gasteiger charge is -2.30. The van der Waals surface area contributed by atoms with Gasteiger partial charge in [0.2, 0.25) is 5.91 Å². The van der Waals surface area contributed by atoms with Crippen LogP contribution in [-0.2, 0) is 27.9 Å². The molecule has 0 aromatic rings. The zero-order valence-corrected chi connectivity index (χ0v) is 46.3. The van der Waals surface area contributed by atoms with Gasteiger partial charge in [-0.15, -0.1) is 0 Å². The van der Waals surface area contributed by atoms with Crippen LogP contribution >= 0.6 is 7.82 Å². The number of esters is 1. The van der Waals surface area contributed by atoms with E-state index in [0.717, 1.165) is 89.9 Å². The molecule has 3 atom stereocenters. The normalized spacial score (nSPS) is 14.7. The molecule has 0 spiro atoms. The van der Waals surface area contributed by atoms with Gasteiger partial charge < -0.3 is 28.5 Å². The Morgan fingerprint density at radius 2 is 0.914 bits per heavy atom. The fraction of sp³-hybridized carbons (Fsp3) is 0.667. The predicted molar refractivity (Wildman–Crippen MR) is 297 cm³/mol. The van der Waals surface area contributed by atoms with E-state index in [-0.39, 0.29) is 31.3 Å². The second-order valence-corrected chi connectivity index (χ2v) is 20.9. The summed E-state index contributed by atoms with van der Waals surface area (Å²) < 4.78 is 30.1. The number of carbonyl (C=O) groups excluding carboxylic acids is 2. The monoisotopic (exact) mass is 995 g/mol. The minimum absolute atomic E-state index is 0.0383. The summed E-state index contributed by atoms with van der Waals surface area (Å²) in [7, 11) is 1.13. The average Bonchev–Trinajstić information content (AvgIpc) is 3.32. The van der Waals surface area contributed by atoms with Crippen LogP contribution < -0.4 is 10.2 Å². The van der Waals surface area contributed by atoms with Gasteiger partial charge in [-0.25, -0.2) is 0 Å². The Kier molecular flexibility index (Phi) is 46.9. The molecule has 70 heavy (non-hydrogen) atoms. The smallest absolute Gasteiger partial charge is 0.306 e. The number of phosphoric acid groups is 1. The van der Waals surface area contributed by atoms with Crippen molar-refractivity contribution in [2.45, 2.75) is 219 Å². The van der Waals surface area contributed by atoms with Crippen molar-refractivity contribution in [1.82, 2.24) is 5.32 Å². The molecule has 0 saturated carbocycles. The molecule has 0 aromatic heterocycles. The lowest BCUT2D eigenvalue weighted by atomic mass is 10.0. The number of likely N-dealkylation sites (N-methyl/N-ethyl adjacent to an activating group) is 1. The molecule has 0 aliphatic carbocycles. The van der Waals surface area contributed by atoms with Gasteiger partial charge in [-0.05, 0) is 76.7 Å². The summed E-state index contributed by atoms with van der Waals surface area (Å²) in [5.41, 5.74) is 0. The van der Waals surface area contributed by atoms with Gasteiger partial charge >= 0.3 is 5.97 Å². The van der Waals surface area contributed by atoms with E-state index in [4.69, 9.17) is 13.8 Å². The standard InChI is InChI=1S/C60H103N2O7P/c1-7-10-13-16-19-22-25-28-30-31-33-35-38-41-44-47-50-53-60(64)69-58(51-48-45-42-39-36-27-24-21-18-15-12-9-3)57(56-68-70(65,66)67-55-54-62(4,5)6)61-59(63)52-49-46-43-40-37-34-32-29-26-23-20-17-14-11-8-2/h10,13,16,19-20,22-23,25-26,28-31,33,35,38,48,51,57-58H,7-9,11-12,14-15,17-18,21,24,27,32,34,36-37,39-47,49-50,52-56H2,1-6H3,(H-,61,63,65,66)/b13-10-,19-16+,23-20+,25-22+,29-26+,30-28-,33-31+,38-35+,51-48+. The molecule has 0 saturated heterocycles. The third-order valence-corrected chi connectivity index (χ3v) is 12.6. The molecule has 1 amide bonds. The van der Waals surface area contributed by atoms with Gasteiger partial charge in [0.05, 0.1) is 33.8 Å². The number of allylic oxidation sites excluding steroid dienone is 17. The number of amides is 1. The molecule has 0 aliphatic rings. The van der Waals surface area contributed by atoms with Gasteiger partial charge in [-0.1, -0.05) is 227 Å². The number of carbonyl (C=O) groups is 2.